The zero-order valence-corrected chi connectivity index (χ0v) is 10.5. The van der Waals surface area contributed by atoms with E-state index < -0.39 is 6.04 Å². The van der Waals surface area contributed by atoms with Crippen LogP contribution in [0.25, 0.3) is 0 Å². The van der Waals surface area contributed by atoms with Crippen molar-refractivity contribution >= 4 is 23.3 Å². The third-order valence-corrected chi connectivity index (χ3v) is 2.90. The molecule has 0 fully saturated rings. The van der Waals surface area contributed by atoms with Crippen molar-refractivity contribution in [3.63, 3.8) is 0 Å². The monoisotopic (exact) mass is 248 g/mol. The van der Waals surface area contributed by atoms with Gasteiger partial charge in [-0.2, -0.15) is 0 Å². The first-order chi connectivity index (χ1) is 8.63. The number of nitrogens with zero attached hydrogens (tertiary/aromatic N) is 1. The van der Waals surface area contributed by atoms with Crippen LogP contribution in [0.15, 0.2) is 24.3 Å². The number of hydrogen-bond acceptors (Lipinski definition) is 4. The maximum Gasteiger partial charge on any atom is 0.328 e. The Bertz CT molecular complexity index is 473. The molecule has 5 heteroatoms. The van der Waals surface area contributed by atoms with Crippen molar-refractivity contribution in [2.75, 3.05) is 23.4 Å². The van der Waals surface area contributed by atoms with Gasteiger partial charge in [0.2, 0.25) is 5.91 Å². The van der Waals surface area contributed by atoms with Crippen molar-refractivity contribution in [2.45, 2.75) is 19.9 Å². The second-order valence-electron chi connectivity index (χ2n) is 4.12. The largest absolute Gasteiger partial charge is 0.464 e. The quantitative estimate of drug-likeness (QED) is 0.821. The van der Waals surface area contributed by atoms with E-state index in [4.69, 9.17) is 4.74 Å². The van der Waals surface area contributed by atoms with E-state index >= 15 is 0 Å². The Morgan fingerprint density at radius 3 is 2.94 bits per heavy atom. The van der Waals surface area contributed by atoms with Crippen LogP contribution in [0.5, 0.6) is 0 Å². The molecule has 18 heavy (non-hydrogen) atoms. The highest BCUT2D eigenvalue weighted by molar-refractivity contribution is 6.02. The van der Waals surface area contributed by atoms with Crippen molar-refractivity contribution in [3.05, 3.63) is 24.3 Å². The molecule has 1 unspecified atom stereocenters. The topological polar surface area (TPSA) is 58.6 Å². The lowest BCUT2D eigenvalue weighted by Crippen LogP contribution is -2.47. The van der Waals surface area contributed by atoms with Crippen molar-refractivity contribution in [3.8, 4) is 0 Å². The second kappa shape index (κ2) is 5.08. The highest BCUT2D eigenvalue weighted by Gasteiger charge is 2.29. The van der Waals surface area contributed by atoms with Crippen LogP contribution >= 0.6 is 0 Å². The first-order valence-corrected chi connectivity index (χ1v) is 5.95. The molecule has 1 amide bonds. The molecule has 0 aliphatic carbocycles. The Hall–Kier alpha value is -2.04. The van der Waals surface area contributed by atoms with E-state index in [9.17, 15) is 9.59 Å². The molecule has 2 rings (SSSR count). The maximum absolute atomic E-state index is 11.8. The number of anilines is 2. The SMILES string of the molecule is CCOC(=O)C(C)N1CC(=O)Nc2ccccc21. The molecule has 0 saturated heterocycles. The van der Waals surface area contributed by atoms with E-state index in [-0.39, 0.29) is 18.4 Å². The lowest BCUT2D eigenvalue weighted by atomic mass is 10.1. The summed E-state index contributed by atoms with van der Waals surface area (Å²) in [6.45, 7) is 4.01. The number of carbonyl (C=O) groups excluding carboxylic acids is 2. The van der Waals surface area contributed by atoms with Gasteiger partial charge in [-0.25, -0.2) is 4.79 Å². The van der Waals surface area contributed by atoms with Crippen molar-refractivity contribution in [1.82, 2.24) is 0 Å². The minimum absolute atomic E-state index is 0.121. The molecule has 1 N–H and O–H groups in total. The zero-order chi connectivity index (χ0) is 13.1. The summed E-state index contributed by atoms with van der Waals surface area (Å²) in [5.41, 5.74) is 1.57. The molecule has 0 bridgehead atoms. The molecule has 1 aliphatic rings. The van der Waals surface area contributed by atoms with E-state index in [0.29, 0.717) is 6.61 Å². The minimum Gasteiger partial charge on any atom is -0.464 e. The Balaban J connectivity index is 2.28. The van der Waals surface area contributed by atoms with Gasteiger partial charge in [0.25, 0.3) is 0 Å². The molecular formula is C13H16N2O3. The molecule has 1 aromatic rings. The van der Waals surface area contributed by atoms with Gasteiger partial charge in [0, 0.05) is 0 Å². The minimum atomic E-state index is -0.475. The van der Waals surface area contributed by atoms with Crippen LogP contribution in [0.1, 0.15) is 13.8 Å². The van der Waals surface area contributed by atoms with Crippen LogP contribution < -0.4 is 10.2 Å². The predicted molar refractivity (Wildman–Crippen MR) is 68.5 cm³/mol. The van der Waals surface area contributed by atoms with Crippen LogP contribution in [0.4, 0.5) is 11.4 Å². The number of nitrogens with one attached hydrogen (secondary N) is 1. The van der Waals surface area contributed by atoms with Gasteiger partial charge >= 0.3 is 5.97 Å². The van der Waals surface area contributed by atoms with Crippen molar-refractivity contribution in [1.29, 1.82) is 0 Å². The van der Waals surface area contributed by atoms with Gasteiger partial charge in [0.15, 0.2) is 0 Å². The van der Waals surface area contributed by atoms with Gasteiger partial charge in [0.1, 0.15) is 6.04 Å². The summed E-state index contributed by atoms with van der Waals surface area (Å²) in [5.74, 6) is -0.438. The van der Waals surface area contributed by atoms with Gasteiger partial charge in [-0.05, 0) is 26.0 Å². The number of fused-ring (bicyclic) bond motifs is 1. The summed E-state index contributed by atoms with van der Waals surface area (Å²) in [6.07, 6.45) is 0. The van der Waals surface area contributed by atoms with Crippen LogP contribution in [0.2, 0.25) is 0 Å². The number of carbonyl (C=O) groups is 2. The van der Waals surface area contributed by atoms with Crippen molar-refractivity contribution < 1.29 is 14.3 Å². The summed E-state index contributed by atoms with van der Waals surface area (Å²) in [5, 5.41) is 2.78. The van der Waals surface area contributed by atoms with Gasteiger partial charge < -0.3 is 15.0 Å². The molecule has 0 spiro atoms. The molecule has 1 aliphatic heterocycles. The second-order valence-corrected chi connectivity index (χ2v) is 4.12. The predicted octanol–water partition coefficient (Wildman–Crippen LogP) is 1.40. The summed E-state index contributed by atoms with van der Waals surface area (Å²) in [7, 11) is 0. The van der Waals surface area contributed by atoms with Gasteiger partial charge in [-0.1, -0.05) is 12.1 Å². The molecule has 5 nitrogen and oxygen atoms in total. The van der Waals surface area contributed by atoms with Crippen LogP contribution in [0.3, 0.4) is 0 Å². The number of esters is 1. The highest BCUT2D eigenvalue weighted by atomic mass is 16.5. The van der Waals surface area contributed by atoms with E-state index in [1.807, 2.05) is 24.3 Å². The third kappa shape index (κ3) is 2.30. The third-order valence-electron chi connectivity index (χ3n) is 2.90. The molecule has 0 aromatic heterocycles. The fourth-order valence-corrected chi connectivity index (χ4v) is 2.00. The molecule has 1 heterocycles. The molecule has 1 atom stereocenters. The maximum atomic E-state index is 11.8. The average Bonchev–Trinajstić information content (AvgIpc) is 2.37. The average molecular weight is 248 g/mol. The lowest BCUT2D eigenvalue weighted by Gasteiger charge is -2.34. The molecule has 0 radical (unpaired) electrons. The van der Waals surface area contributed by atoms with E-state index in [1.165, 1.54) is 0 Å². The first-order valence-electron chi connectivity index (χ1n) is 5.95. The van der Waals surface area contributed by atoms with E-state index in [0.717, 1.165) is 11.4 Å². The smallest absolute Gasteiger partial charge is 0.328 e. The molecule has 0 saturated carbocycles. The lowest BCUT2D eigenvalue weighted by molar-refractivity contribution is -0.144. The Morgan fingerprint density at radius 1 is 1.50 bits per heavy atom. The number of amides is 1. The normalized spacial score (nSPS) is 15.7. The Labute approximate surface area is 106 Å². The molecular weight excluding hydrogens is 232 g/mol. The van der Waals surface area contributed by atoms with Gasteiger partial charge in [0.05, 0.1) is 24.5 Å². The summed E-state index contributed by atoms with van der Waals surface area (Å²) in [6, 6.07) is 6.94. The molecule has 96 valence electrons. The summed E-state index contributed by atoms with van der Waals surface area (Å²) >= 11 is 0. The molecule has 1 aromatic carbocycles. The summed E-state index contributed by atoms with van der Waals surface area (Å²) < 4.78 is 4.99. The van der Waals surface area contributed by atoms with E-state index in [2.05, 4.69) is 5.32 Å². The van der Waals surface area contributed by atoms with Gasteiger partial charge in [-0.15, -0.1) is 0 Å². The summed E-state index contributed by atoms with van der Waals surface area (Å²) in [4.78, 5) is 25.1. The van der Waals surface area contributed by atoms with E-state index in [1.54, 1.807) is 18.7 Å². The van der Waals surface area contributed by atoms with Crippen molar-refractivity contribution in [2.24, 2.45) is 0 Å². The van der Waals surface area contributed by atoms with Crippen LogP contribution in [-0.2, 0) is 14.3 Å². The highest BCUT2D eigenvalue weighted by Crippen LogP contribution is 2.30. The van der Waals surface area contributed by atoms with Crippen LogP contribution in [0, 0.1) is 0 Å². The fourth-order valence-electron chi connectivity index (χ4n) is 2.00. The number of ether oxygens (including phenoxy) is 1. The first kappa shape index (κ1) is 12.4. The van der Waals surface area contributed by atoms with Crippen LogP contribution in [-0.4, -0.2) is 31.1 Å². The number of benzene rings is 1. The van der Waals surface area contributed by atoms with Gasteiger partial charge in [-0.3, -0.25) is 4.79 Å². The Kier molecular flexibility index (Phi) is 3.50. The standard InChI is InChI=1S/C13H16N2O3/c1-3-18-13(17)9(2)15-8-12(16)14-10-6-4-5-7-11(10)15/h4-7,9H,3,8H2,1-2H3,(H,14,16). The Morgan fingerprint density at radius 2 is 2.22 bits per heavy atom. The number of hydrogen-bond donors (Lipinski definition) is 1. The number of rotatable bonds is 3. The zero-order valence-electron chi connectivity index (χ0n) is 10.5. The fraction of sp³-hybridized carbons (Fsp3) is 0.385. The number of para-hydroxylation sites is 2.